The third-order valence-corrected chi connectivity index (χ3v) is 5.78. The van der Waals surface area contributed by atoms with Crippen LogP contribution in [0.1, 0.15) is 27.0 Å². The van der Waals surface area contributed by atoms with Gasteiger partial charge in [-0.25, -0.2) is 4.98 Å². The van der Waals surface area contributed by atoms with E-state index >= 15 is 0 Å². The van der Waals surface area contributed by atoms with E-state index in [1.54, 1.807) is 6.21 Å². The number of carbonyl (C=O) groups is 1. The van der Waals surface area contributed by atoms with Crippen molar-refractivity contribution in [2.45, 2.75) is 13.8 Å². The third-order valence-electron chi connectivity index (χ3n) is 4.90. The van der Waals surface area contributed by atoms with Gasteiger partial charge in [0.05, 0.1) is 0 Å². The summed E-state index contributed by atoms with van der Waals surface area (Å²) < 4.78 is 0. The molecule has 0 radical (unpaired) electrons. The van der Waals surface area contributed by atoms with Gasteiger partial charge in [0.2, 0.25) is 5.13 Å². The van der Waals surface area contributed by atoms with Gasteiger partial charge in [0.25, 0.3) is 5.91 Å². The van der Waals surface area contributed by atoms with Crippen LogP contribution in [0.15, 0.2) is 90.0 Å². The molecule has 0 spiro atoms. The molecule has 0 saturated heterocycles. The highest BCUT2D eigenvalue weighted by Gasteiger charge is 2.16. The number of nitrogens with zero attached hydrogens (tertiary/aromatic N) is 2. The van der Waals surface area contributed by atoms with Crippen molar-refractivity contribution in [1.29, 1.82) is 0 Å². The molecule has 0 unspecified atom stereocenters. The van der Waals surface area contributed by atoms with E-state index < -0.39 is 0 Å². The fourth-order valence-corrected chi connectivity index (χ4v) is 3.93. The van der Waals surface area contributed by atoms with Crippen molar-refractivity contribution in [1.82, 2.24) is 4.98 Å². The first-order valence-corrected chi connectivity index (χ1v) is 11.4. The van der Waals surface area contributed by atoms with Gasteiger partial charge in [0.15, 0.2) is 0 Å². The zero-order valence-corrected chi connectivity index (χ0v) is 19.3. The average molecular weight is 453 g/mol. The Morgan fingerprint density at radius 1 is 0.909 bits per heavy atom. The normalized spacial score (nSPS) is 11.2. The number of amides is 1. The predicted octanol–water partition coefficient (Wildman–Crippen LogP) is 6.79. The number of thiazole rings is 1. The summed E-state index contributed by atoms with van der Waals surface area (Å²) in [6.07, 6.45) is 5.50. The molecule has 0 bridgehead atoms. The molecule has 1 aromatic heterocycles. The molecule has 0 atom stereocenters. The van der Waals surface area contributed by atoms with E-state index in [4.69, 9.17) is 0 Å². The molecule has 1 amide bonds. The summed E-state index contributed by atoms with van der Waals surface area (Å²) >= 11 is 1.35. The number of anilines is 2. The van der Waals surface area contributed by atoms with Gasteiger partial charge in [0, 0.05) is 17.3 Å². The summed E-state index contributed by atoms with van der Waals surface area (Å²) in [7, 11) is 0. The number of aromatic nitrogens is 1. The first kappa shape index (κ1) is 22.2. The maximum atomic E-state index is 12.8. The summed E-state index contributed by atoms with van der Waals surface area (Å²) in [5, 5.41) is 8.51. The van der Waals surface area contributed by atoms with Gasteiger partial charge in [0.1, 0.15) is 10.7 Å². The van der Waals surface area contributed by atoms with Crippen molar-refractivity contribution in [3.05, 3.63) is 107 Å². The van der Waals surface area contributed by atoms with Crippen LogP contribution in [0.3, 0.4) is 0 Å². The Labute approximate surface area is 197 Å². The van der Waals surface area contributed by atoms with Crippen LogP contribution in [0.4, 0.5) is 10.1 Å². The number of hydrazone groups is 1. The van der Waals surface area contributed by atoms with Crippen LogP contribution in [-0.2, 0) is 0 Å². The van der Waals surface area contributed by atoms with E-state index in [0.717, 1.165) is 22.3 Å². The fourth-order valence-electron chi connectivity index (χ4n) is 3.09. The molecule has 6 heteroatoms. The van der Waals surface area contributed by atoms with Crippen molar-refractivity contribution in [2.24, 2.45) is 5.10 Å². The van der Waals surface area contributed by atoms with Crippen molar-refractivity contribution >= 4 is 39.7 Å². The molecule has 2 N–H and O–H groups in total. The van der Waals surface area contributed by atoms with Crippen LogP contribution in [-0.4, -0.2) is 17.1 Å². The standard InChI is InChI=1S/C27H24N4OS/c1-19-10-14-22(15-11-19)24-26(30-25(32)23-16-12-20(2)13-17-23)33-27(29-24)31-28-18-6-9-21-7-4-3-5-8-21/h3-18H,1-2H3,(H,29,31)(H,30,32). The number of carbonyl (C=O) groups excluding carboxylic acids is 1. The first-order chi connectivity index (χ1) is 16.1. The Kier molecular flexibility index (Phi) is 7.07. The van der Waals surface area contributed by atoms with Gasteiger partial charge >= 0.3 is 0 Å². The van der Waals surface area contributed by atoms with Crippen LogP contribution in [0, 0.1) is 13.8 Å². The Morgan fingerprint density at radius 3 is 2.27 bits per heavy atom. The lowest BCUT2D eigenvalue weighted by Gasteiger charge is -2.06. The molecular weight excluding hydrogens is 428 g/mol. The van der Waals surface area contributed by atoms with Gasteiger partial charge in [-0.15, -0.1) is 0 Å². The largest absolute Gasteiger partial charge is 0.312 e. The van der Waals surface area contributed by atoms with Gasteiger partial charge in [-0.05, 0) is 37.6 Å². The van der Waals surface area contributed by atoms with Gasteiger partial charge in [-0.3, -0.25) is 10.2 Å². The number of benzene rings is 3. The first-order valence-electron chi connectivity index (χ1n) is 10.6. The lowest BCUT2D eigenvalue weighted by molar-refractivity contribution is 0.102. The SMILES string of the molecule is Cc1ccc(C(=O)Nc2sc(NN=CC=Cc3ccccc3)nc2-c2ccc(C)cc2)cc1. The van der Waals surface area contributed by atoms with Gasteiger partial charge in [-0.1, -0.05) is 95.3 Å². The molecule has 3 aromatic carbocycles. The second-order valence-corrected chi connectivity index (χ2v) is 8.54. The Balaban J connectivity index is 1.53. The van der Waals surface area contributed by atoms with E-state index in [1.165, 1.54) is 11.3 Å². The van der Waals surface area contributed by atoms with E-state index in [-0.39, 0.29) is 5.91 Å². The Bertz CT molecular complexity index is 1270. The van der Waals surface area contributed by atoms with Crippen LogP contribution in [0.2, 0.25) is 0 Å². The lowest BCUT2D eigenvalue weighted by Crippen LogP contribution is -2.11. The van der Waals surface area contributed by atoms with E-state index in [0.29, 0.717) is 21.4 Å². The maximum absolute atomic E-state index is 12.8. The monoisotopic (exact) mass is 452 g/mol. The molecule has 5 nitrogen and oxygen atoms in total. The molecule has 0 aliphatic heterocycles. The lowest BCUT2D eigenvalue weighted by atomic mass is 10.1. The minimum Gasteiger partial charge on any atom is -0.312 e. The van der Waals surface area contributed by atoms with E-state index in [1.807, 2.05) is 105 Å². The summed E-state index contributed by atoms with van der Waals surface area (Å²) in [6, 6.07) is 25.6. The fraction of sp³-hybridized carbons (Fsp3) is 0.0741. The number of nitrogens with one attached hydrogen (secondary N) is 2. The van der Waals surface area contributed by atoms with E-state index in [9.17, 15) is 4.79 Å². The Hall–Kier alpha value is -4.03. The van der Waals surface area contributed by atoms with E-state index in [2.05, 4.69) is 20.8 Å². The Morgan fingerprint density at radius 2 is 1.58 bits per heavy atom. The van der Waals surface area contributed by atoms with Gasteiger partial charge < -0.3 is 5.32 Å². The van der Waals surface area contributed by atoms with Crippen molar-refractivity contribution in [2.75, 3.05) is 10.7 Å². The zero-order chi connectivity index (χ0) is 23.0. The van der Waals surface area contributed by atoms with Crippen molar-refractivity contribution < 1.29 is 4.79 Å². The van der Waals surface area contributed by atoms with Crippen molar-refractivity contribution in [3.63, 3.8) is 0 Å². The molecule has 4 aromatic rings. The summed E-state index contributed by atoms with van der Waals surface area (Å²) in [6.45, 7) is 4.03. The van der Waals surface area contributed by atoms with Gasteiger partial charge in [-0.2, -0.15) is 5.10 Å². The summed E-state index contributed by atoms with van der Waals surface area (Å²) in [5.41, 5.74) is 8.57. The summed E-state index contributed by atoms with van der Waals surface area (Å²) in [5.74, 6) is -0.173. The molecule has 4 rings (SSSR count). The number of aryl methyl sites for hydroxylation is 2. The topological polar surface area (TPSA) is 66.4 Å². The number of allylic oxidation sites excluding steroid dienone is 1. The van der Waals surface area contributed by atoms with Crippen molar-refractivity contribution in [3.8, 4) is 11.3 Å². The third kappa shape index (κ3) is 6.02. The highest BCUT2D eigenvalue weighted by Crippen LogP contribution is 2.36. The minimum atomic E-state index is -0.173. The summed E-state index contributed by atoms with van der Waals surface area (Å²) in [4.78, 5) is 17.5. The molecule has 0 saturated carbocycles. The zero-order valence-electron chi connectivity index (χ0n) is 18.4. The van der Waals surface area contributed by atoms with Crippen LogP contribution in [0.5, 0.6) is 0 Å². The maximum Gasteiger partial charge on any atom is 0.256 e. The second kappa shape index (κ2) is 10.5. The quantitative estimate of drug-likeness (QED) is 0.240. The highest BCUT2D eigenvalue weighted by atomic mass is 32.1. The number of hydrogen-bond donors (Lipinski definition) is 2. The molecule has 164 valence electrons. The van der Waals surface area contributed by atoms with Crippen LogP contribution in [0.25, 0.3) is 17.3 Å². The molecule has 0 aliphatic rings. The second-order valence-electron chi connectivity index (χ2n) is 7.54. The molecule has 33 heavy (non-hydrogen) atoms. The minimum absolute atomic E-state index is 0.173. The molecule has 0 fully saturated rings. The number of hydrogen-bond acceptors (Lipinski definition) is 5. The predicted molar refractivity (Wildman–Crippen MR) is 139 cm³/mol. The van der Waals surface area contributed by atoms with Crippen LogP contribution >= 0.6 is 11.3 Å². The average Bonchev–Trinajstić information content (AvgIpc) is 3.22. The highest BCUT2D eigenvalue weighted by molar-refractivity contribution is 7.20. The number of rotatable bonds is 7. The molecular formula is C27H24N4OS. The molecule has 1 heterocycles. The smallest absolute Gasteiger partial charge is 0.256 e. The van der Waals surface area contributed by atoms with Crippen LogP contribution < -0.4 is 10.7 Å². The molecule has 0 aliphatic carbocycles.